The summed E-state index contributed by atoms with van der Waals surface area (Å²) in [5.41, 5.74) is 3.99. The number of rotatable bonds is 3. The quantitative estimate of drug-likeness (QED) is 0.727. The lowest BCUT2D eigenvalue weighted by molar-refractivity contribution is -0.126. The van der Waals surface area contributed by atoms with Crippen molar-refractivity contribution in [2.24, 2.45) is 17.3 Å². The van der Waals surface area contributed by atoms with Crippen molar-refractivity contribution in [2.75, 3.05) is 0 Å². The Kier molecular flexibility index (Phi) is 3.96. The molecule has 5 rings (SSSR count). The molecule has 0 heterocycles. The van der Waals surface area contributed by atoms with Crippen molar-refractivity contribution < 1.29 is 9.53 Å². The number of allylic oxidation sites excluding steroid dienone is 2. The summed E-state index contributed by atoms with van der Waals surface area (Å²) in [6, 6.07) is 17.0. The van der Waals surface area contributed by atoms with E-state index in [4.69, 9.17) is 4.74 Å². The van der Waals surface area contributed by atoms with Crippen molar-refractivity contribution in [2.45, 2.75) is 45.1 Å². The van der Waals surface area contributed by atoms with Crippen LogP contribution in [0, 0.1) is 17.3 Å². The van der Waals surface area contributed by atoms with Crippen molar-refractivity contribution in [1.29, 1.82) is 0 Å². The fraction of sp³-hybridized carbons (Fsp3) is 0.400. The van der Waals surface area contributed by atoms with Crippen LogP contribution >= 0.6 is 0 Å². The van der Waals surface area contributed by atoms with E-state index in [-0.39, 0.29) is 5.41 Å². The van der Waals surface area contributed by atoms with Crippen LogP contribution in [-0.4, -0.2) is 5.78 Å². The molecule has 2 nitrogen and oxygen atoms in total. The van der Waals surface area contributed by atoms with E-state index in [1.165, 1.54) is 23.1 Å². The molecular formula is C25H26O2. The van der Waals surface area contributed by atoms with Gasteiger partial charge in [0, 0.05) is 5.41 Å². The Morgan fingerprint density at radius 3 is 2.81 bits per heavy atom. The normalized spacial score (nSPS) is 31.1. The molecule has 2 aromatic carbocycles. The smallest absolute Gasteiger partial charge is 0.161 e. The van der Waals surface area contributed by atoms with Crippen molar-refractivity contribution >= 4 is 5.78 Å². The first-order valence-corrected chi connectivity index (χ1v) is 10.2. The molecule has 1 saturated carbocycles. The second kappa shape index (κ2) is 6.37. The largest absolute Gasteiger partial charge is 0.489 e. The summed E-state index contributed by atoms with van der Waals surface area (Å²) in [6.07, 6.45) is 8.47. The molecule has 0 aromatic heterocycles. The van der Waals surface area contributed by atoms with Crippen molar-refractivity contribution in [3.63, 3.8) is 0 Å². The number of aryl methyl sites for hydroxylation is 1. The van der Waals surface area contributed by atoms with Crippen LogP contribution in [-0.2, 0) is 17.8 Å². The summed E-state index contributed by atoms with van der Waals surface area (Å²) in [4.78, 5) is 12.4. The van der Waals surface area contributed by atoms with Crippen LogP contribution in [0.3, 0.4) is 0 Å². The van der Waals surface area contributed by atoms with Gasteiger partial charge in [-0.25, -0.2) is 0 Å². The van der Waals surface area contributed by atoms with Gasteiger partial charge in [-0.15, -0.1) is 0 Å². The van der Waals surface area contributed by atoms with E-state index in [2.05, 4.69) is 43.3 Å². The van der Waals surface area contributed by atoms with E-state index >= 15 is 0 Å². The third kappa shape index (κ3) is 2.74. The number of carbonyl (C=O) groups is 1. The van der Waals surface area contributed by atoms with E-state index in [1.54, 1.807) is 0 Å². The summed E-state index contributed by atoms with van der Waals surface area (Å²) in [5.74, 6) is 2.93. The number of carbonyl (C=O) groups excluding carboxylic acids is 1. The maximum absolute atomic E-state index is 12.4. The molecule has 0 spiro atoms. The highest BCUT2D eigenvalue weighted by Gasteiger charge is 2.52. The van der Waals surface area contributed by atoms with Gasteiger partial charge >= 0.3 is 0 Å². The average Bonchev–Trinajstić information content (AvgIpc) is 3.01. The zero-order valence-corrected chi connectivity index (χ0v) is 15.9. The summed E-state index contributed by atoms with van der Waals surface area (Å²) in [7, 11) is 0. The molecule has 0 N–H and O–H groups in total. The number of ketones is 1. The lowest BCUT2D eigenvalue weighted by Gasteiger charge is -2.48. The highest BCUT2D eigenvalue weighted by atomic mass is 16.5. The van der Waals surface area contributed by atoms with Crippen LogP contribution in [0.1, 0.15) is 48.8 Å². The van der Waals surface area contributed by atoms with E-state index < -0.39 is 0 Å². The number of fused-ring (bicyclic) bond motifs is 5. The van der Waals surface area contributed by atoms with Gasteiger partial charge in [0.05, 0.1) is 0 Å². The lowest BCUT2D eigenvalue weighted by atomic mass is 9.55. The van der Waals surface area contributed by atoms with Crippen LogP contribution < -0.4 is 4.74 Å². The minimum absolute atomic E-state index is 0.141. The first-order chi connectivity index (χ1) is 13.1. The van der Waals surface area contributed by atoms with Gasteiger partial charge < -0.3 is 4.74 Å². The molecule has 2 aromatic rings. The van der Waals surface area contributed by atoms with E-state index in [1.807, 2.05) is 24.3 Å². The van der Waals surface area contributed by atoms with Crippen LogP contribution in [0.2, 0.25) is 0 Å². The minimum Gasteiger partial charge on any atom is -0.489 e. The van der Waals surface area contributed by atoms with E-state index in [0.29, 0.717) is 30.1 Å². The van der Waals surface area contributed by atoms with Crippen molar-refractivity contribution in [3.8, 4) is 5.75 Å². The number of hydrogen-bond acceptors (Lipinski definition) is 2. The number of benzene rings is 2. The number of ether oxygens (including phenoxy) is 1. The second-order valence-electron chi connectivity index (χ2n) is 8.65. The van der Waals surface area contributed by atoms with E-state index in [9.17, 15) is 4.79 Å². The highest BCUT2D eigenvalue weighted by Crippen LogP contribution is 2.57. The molecule has 0 aliphatic heterocycles. The highest BCUT2D eigenvalue weighted by molar-refractivity contribution is 5.97. The fourth-order valence-electron chi connectivity index (χ4n) is 5.66. The van der Waals surface area contributed by atoms with Crippen LogP contribution in [0.15, 0.2) is 60.7 Å². The van der Waals surface area contributed by atoms with Crippen LogP contribution in [0.4, 0.5) is 0 Å². The predicted octanol–water partition coefficient (Wildman–Crippen LogP) is 5.47. The molecule has 138 valence electrons. The van der Waals surface area contributed by atoms with Crippen molar-refractivity contribution in [3.05, 3.63) is 77.4 Å². The summed E-state index contributed by atoms with van der Waals surface area (Å²) in [6.45, 7) is 2.80. The standard InChI is InChI=1S/C25H26O2/c1-25-14-13-21-20-10-8-19(27-16-17-5-3-2-4-6-17)15-18(20)7-9-22(21)23(25)11-12-24(25)26/h2-6,8,10-12,15,21-23H,7,9,13-14,16H2,1H3/t21-,22+,23+,25+/m1/s1. The second-order valence-corrected chi connectivity index (χ2v) is 8.65. The molecule has 1 fully saturated rings. The zero-order valence-electron chi connectivity index (χ0n) is 15.9. The van der Waals surface area contributed by atoms with Gasteiger partial charge in [-0.1, -0.05) is 49.4 Å². The van der Waals surface area contributed by atoms with Crippen molar-refractivity contribution in [1.82, 2.24) is 0 Å². The number of hydrogen-bond donors (Lipinski definition) is 0. The molecule has 0 saturated heterocycles. The Morgan fingerprint density at radius 1 is 1.11 bits per heavy atom. The van der Waals surface area contributed by atoms with Crippen LogP contribution in [0.5, 0.6) is 5.75 Å². The topological polar surface area (TPSA) is 26.3 Å². The molecule has 2 heteroatoms. The molecule has 3 aliphatic rings. The molecule has 3 aliphatic carbocycles. The van der Waals surface area contributed by atoms with Crippen LogP contribution in [0.25, 0.3) is 0 Å². The summed E-state index contributed by atoms with van der Waals surface area (Å²) >= 11 is 0. The predicted molar refractivity (Wildman–Crippen MR) is 107 cm³/mol. The van der Waals surface area contributed by atoms with Gasteiger partial charge in [-0.2, -0.15) is 0 Å². The minimum atomic E-state index is -0.141. The van der Waals surface area contributed by atoms with E-state index in [0.717, 1.165) is 25.0 Å². The Labute approximate surface area is 161 Å². The monoisotopic (exact) mass is 358 g/mol. The summed E-state index contributed by atoms with van der Waals surface area (Å²) < 4.78 is 6.04. The zero-order chi connectivity index (χ0) is 18.4. The first kappa shape index (κ1) is 16.8. The SMILES string of the molecule is C[C@]12CC[C@@H]3c4ccc(OCc5ccccc5)cc4CC[C@@H]3[C@@H]1C=CC2=O. The molecule has 0 amide bonds. The summed E-state index contributed by atoms with van der Waals surface area (Å²) in [5, 5.41) is 0. The molecular weight excluding hydrogens is 332 g/mol. The Morgan fingerprint density at radius 2 is 1.96 bits per heavy atom. The molecule has 4 atom stereocenters. The van der Waals surface area contributed by atoms with Gasteiger partial charge in [-0.3, -0.25) is 4.79 Å². The third-order valence-electron chi connectivity index (χ3n) is 7.22. The third-order valence-corrected chi connectivity index (χ3v) is 7.22. The van der Waals surface area contributed by atoms with Gasteiger partial charge in [0.1, 0.15) is 12.4 Å². The fourth-order valence-corrected chi connectivity index (χ4v) is 5.66. The maximum atomic E-state index is 12.4. The lowest BCUT2D eigenvalue weighted by Crippen LogP contribution is -2.42. The average molecular weight is 358 g/mol. The Balaban J connectivity index is 1.36. The molecule has 27 heavy (non-hydrogen) atoms. The first-order valence-electron chi connectivity index (χ1n) is 10.2. The molecule has 0 unspecified atom stereocenters. The van der Waals surface area contributed by atoms with Gasteiger partial charge in [-0.05, 0) is 78.3 Å². The Hall–Kier alpha value is -2.35. The van der Waals surface area contributed by atoms with Gasteiger partial charge in [0.2, 0.25) is 0 Å². The Bertz CT molecular complexity index is 898. The molecule has 0 bridgehead atoms. The molecule has 0 radical (unpaired) electrons. The van der Waals surface area contributed by atoms with Gasteiger partial charge in [0.25, 0.3) is 0 Å². The van der Waals surface area contributed by atoms with Gasteiger partial charge in [0.15, 0.2) is 5.78 Å². The maximum Gasteiger partial charge on any atom is 0.161 e.